The predicted octanol–water partition coefficient (Wildman–Crippen LogP) is 4.16. The first kappa shape index (κ1) is 21.9. The molecule has 1 atom stereocenters. The molecule has 1 aliphatic rings. The summed E-state index contributed by atoms with van der Waals surface area (Å²) in [7, 11) is 0. The Morgan fingerprint density at radius 3 is 2.71 bits per heavy atom. The number of halogens is 1. The number of hydrogen-bond acceptors (Lipinski definition) is 9. The van der Waals surface area contributed by atoms with Crippen LogP contribution in [0.4, 0.5) is 17.2 Å². The Bertz CT molecular complexity index is 1340. The topological polar surface area (TPSA) is 114 Å². The van der Waals surface area contributed by atoms with Gasteiger partial charge in [-0.15, -0.1) is 0 Å². The Morgan fingerprint density at radius 2 is 1.91 bits per heavy atom. The molecule has 2 aromatic carbocycles. The van der Waals surface area contributed by atoms with E-state index in [1.54, 1.807) is 18.3 Å². The van der Waals surface area contributed by atoms with Crippen LogP contribution in [0.15, 0.2) is 72.1 Å². The Kier molecular flexibility index (Phi) is 6.37. The van der Waals surface area contributed by atoms with Crippen LogP contribution in [-0.2, 0) is 11.3 Å². The third-order valence-electron chi connectivity index (χ3n) is 5.11. The highest BCUT2D eigenvalue weighted by Gasteiger charge is 2.18. The van der Waals surface area contributed by atoms with Gasteiger partial charge in [-0.1, -0.05) is 17.7 Å². The molecule has 0 fully saturated rings. The Balaban J connectivity index is 1.33. The Labute approximate surface area is 200 Å². The minimum absolute atomic E-state index is 0.0552. The number of rotatable bonds is 7. The van der Waals surface area contributed by atoms with E-state index in [-0.39, 0.29) is 12.6 Å². The molecule has 3 N–H and O–H groups in total. The molecule has 10 heteroatoms. The fourth-order valence-corrected chi connectivity index (χ4v) is 3.64. The first-order chi connectivity index (χ1) is 16.7. The van der Waals surface area contributed by atoms with E-state index in [1.807, 2.05) is 42.5 Å². The van der Waals surface area contributed by atoms with Gasteiger partial charge in [-0.2, -0.15) is 0 Å². The highest BCUT2D eigenvalue weighted by atomic mass is 35.5. The van der Waals surface area contributed by atoms with Crippen molar-refractivity contribution >= 4 is 45.7 Å². The molecule has 9 nitrogen and oxygen atoms in total. The van der Waals surface area contributed by atoms with E-state index < -0.39 is 0 Å². The van der Waals surface area contributed by atoms with Crippen molar-refractivity contribution in [3.63, 3.8) is 0 Å². The molecule has 4 aromatic rings. The van der Waals surface area contributed by atoms with E-state index >= 15 is 0 Å². The molecule has 0 radical (unpaired) electrons. The molecule has 3 heterocycles. The number of pyridine rings is 1. The molecule has 5 rings (SSSR count). The maximum Gasteiger partial charge on any atom is 0.289 e. The lowest BCUT2D eigenvalue weighted by Crippen LogP contribution is -2.12. The monoisotopic (exact) mass is 476 g/mol. The standard InChI is InChI=1S/C24H21ClN6O3/c25-20-10-16(5-7-22(20)33-12-17-3-1-2-8-26-17)29-23-19-9-15(4-6-21(19)27-14-28-23)30-24-31-18(11-32)13-34-24/h1-10,14,18,32H,11-13H2,(H,30,31)(H,27,28,29). The van der Waals surface area contributed by atoms with Gasteiger partial charge in [0.2, 0.25) is 0 Å². The lowest BCUT2D eigenvalue weighted by atomic mass is 10.2. The van der Waals surface area contributed by atoms with Crippen LogP contribution in [0.2, 0.25) is 5.02 Å². The van der Waals surface area contributed by atoms with E-state index in [9.17, 15) is 5.11 Å². The molecule has 0 saturated heterocycles. The van der Waals surface area contributed by atoms with Crippen LogP contribution in [0.25, 0.3) is 10.9 Å². The molecule has 0 spiro atoms. The minimum Gasteiger partial charge on any atom is -0.486 e. The molecule has 1 unspecified atom stereocenters. The second-order valence-electron chi connectivity index (χ2n) is 7.54. The van der Waals surface area contributed by atoms with Crippen molar-refractivity contribution in [2.24, 2.45) is 4.99 Å². The van der Waals surface area contributed by atoms with E-state index in [2.05, 4.69) is 30.6 Å². The zero-order chi connectivity index (χ0) is 23.3. The van der Waals surface area contributed by atoms with E-state index in [0.29, 0.717) is 35.8 Å². The molecule has 172 valence electrons. The molecule has 0 aliphatic carbocycles. The van der Waals surface area contributed by atoms with Crippen molar-refractivity contribution in [3.8, 4) is 5.75 Å². The van der Waals surface area contributed by atoms with Crippen molar-refractivity contribution in [3.05, 3.63) is 77.8 Å². The van der Waals surface area contributed by atoms with Crippen LogP contribution in [0, 0.1) is 0 Å². The molecule has 2 aromatic heterocycles. The summed E-state index contributed by atoms with van der Waals surface area (Å²) in [5, 5.41) is 16.9. The maximum absolute atomic E-state index is 9.23. The number of ether oxygens (including phenoxy) is 2. The van der Waals surface area contributed by atoms with Crippen LogP contribution in [0.5, 0.6) is 5.75 Å². The highest BCUT2D eigenvalue weighted by Crippen LogP contribution is 2.31. The second kappa shape index (κ2) is 9.90. The van der Waals surface area contributed by atoms with Crippen LogP contribution in [-0.4, -0.2) is 45.3 Å². The van der Waals surface area contributed by atoms with Crippen molar-refractivity contribution in [1.82, 2.24) is 15.0 Å². The summed E-state index contributed by atoms with van der Waals surface area (Å²) in [6.07, 6.45) is 3.22. The van der Waals surface area contributed by atoms with Gasteiger partial charge in [-0.3, -0.25) is 4.98 Å². The average molecular weight is 477 g/mol. The zero-order valence-electron chi connectivity index (χ0n) is 18.0. The third kappa shape index (κ3) is 5.00. The lowest BCUT2D eigenvalue weighted by molar-refractivity contribution is 0.227. The van der Waals surface area contributed by atoms with Gasteiger partial charge in [0.1, 0.15) is 37.2 Å². The molecule has 0 amide bonds. The Hall–Kier alpha value is -3.95. The number of nitrogens with zero attached hydrogens (tertiary/aromatic N) is 4. The number of anilines is 3. The van der Waals surface area contributed by atoms with Gasteiger partial charge in [-0.05, 0) is 48.5 Å². The molecule has 1 aliphatic heterocycles. The van der Waals surface area contributed by atoms with Crippen molar-refractivity contribution < 1.29 is 14.6 Å². The van der Waals surface area contributed by atoms with Gasteiger partial charge in [0.25, 0.3) is 6.02 Å². The average Bonchev–Trinajstić information content (AvgIpc) is 3.32. The largest absolute Gasteiger partial charge is 0.486 e. The maximum atomic E-state index is 9.23. The summed E-state index contributed by atoms with van der Waals surface area (Å²) in [5.74, 6) is 1.19. The quantitative estimate of drug-likeness (QED) is 0.364. The van der Waals surface area contributed by atoms with E-state index in [1.165, 1.54) is 6.33 Å². The number of aliphatic imine (C=N–C) groups is 1. The van der Waals surface area contributed by atoms with Crippen molar-refractivity contribution in [2.45, 2.75) is 12.6 Å². The zero-order valence-corrected chi connectivity index (χ0v) is 18.7. The summed E-state index contributed by atoms with van der Waals surface area (Å²) in [4.78, 5) is 17.3. The Morgan fingerprint density at radius 1 is 1.03 bits per heavy atom. The van der Waals surface area contributed by atoms with Gasteiger partial charge in [0, 0.05) is 23.0 Å². The van der Waals surface area contributed by atoms with Gasteiger partial charge in [-0.25, -0.2) is 15.0 Å². The van der Waals surface area contributed by atoms with Crippen LogP contribution >= 0.6 is 11.6 Å². The number of hydrogen-bond donors (Lipinski definition) is 3. The van der Waals surface area contributed by atoms with Crippen LogP contribution < -0.4 is 15.4 Å². The number of nitrogens with one attached hydrogen (secondary N) is 2. The molecular weight excluding hydrogens is 456 g/mol. The number of fused-ring (bicyclic) bond motifs is 1. The smallest absolute Gasteiger partial charge is 0.289 e. The number of benzene rings is 2. The third-order valence-corrected chi connectivity index (χ3v) is 5.40. The summed E-state index contributed by atoms with van der Waals surface area (Å²) >= 11 is 6.45. The van der Waals surface area contributed by atoms with Gasteiger partial charge >= 0.3 is 0 Å². The summed E-state index contributed by atoms with van der Waals surface area (Å²) in [6, 6.07) is 16.9. The van der Waals surface area contributed by atoms with Crippen molar-refractivity contribution in [2.75, 3.05) is 23.8 Å². The molecule has 0 saturated carbocycles. The number of aliphatic hydroxyl groups excluding tert-OH is 1. The van der Waals surface area contributed by atoms with Gasteiger partial charge in [0.05, 0.1) is 22.8 Å². The fourth-order valence-electron chi connectivity index (χ4n) is 3.40. The first-order valence-electron chi connectivity index (χ1n) is 10.6. The predicted molar refractivity (Wildman–Crippen MR) is 131 cm³/mol. The number of amidine groups is 1. The lowest BCUT2D eigenvalue weighted by Gasteiger charge is -2.12. The highest BCUT2D eigenvalue weighted by molar-refractivity contribution is 6.32. The summed E-state index contributed by atoms with van der Waals surface area (Å²) < 4.78 is 11.3. The second-order valence-corrected chi connectivity index (χ2v) is 7.95. The van der Waals surface area contributed by atoms with Crippen LogP contribution in [0.1, 0.15) is 5.69 Å². The summed E-state index contributed by atoms with van der Waals surface area (Å²) in [5.41, 5.74) is 3.10. The molecule has 0 bridgehead atoms. The van der Waals surface area contributed by atoms with Crippen LogP contribution in [0.3, 0.4) is 0 Å². The fraction of sp³-hybridized carbons (Fsp3) is 0.167. The number of aromatic nitrogens is 3. The summed E-state index contributed by atoms with van der Waals surface area (Å²) in [6.45, 7) is 0.624. The van der Waals surface area contributed by atoms with Crippen molar-refractivity contribution in [1.29, 1.82) is 0 Å². The normalized spacial score (nSPS) is 15.0. The minimum atomic E-state index is -0.246. The number of aliphatic hydroxyl groups is 1. The molecular formula is C24H21ClN6O3. The van der Waals surface area contributed by atoms with E-state index in [4.69, 9.17) is 21.1 Å². The first-order valence-corrected chi connectivity index (χ1v) is 11.0. The molecule has 34 heavy (non-hydrogen) atoms. The SMILES string of the molecule is OCC1COC(Nc2ccc3ncnc(Nc4ccc(OCc5ccccn5)c(Cl)c4)c3c2)=N1. The van der Waals surface area contributed by atoms with Gasteiger partial charge in [0.15, 0.2) is 0 Å². The van der Waals surface area contributed by atoms with Gasteiger partial charge < -0.3 is 25.2 Å². The van der Waals surface area contributed by atoms with E-state index in [0.717, 1.165) is 28.0 Å².